The van der Waals surface area contributed by atoms with Crippen molar-refractivity contribution in [1.82, 2.24) is 0 Å². The Kier molecular flexibility index (Phi) is 68.0. The van der Waals surface area contributed by atoms with Gasteiger partial charge in [-0.2, -0.15) is 0 Å². The molecule has 0 saturated heterocycles. The van der Waals surface area contributed by atoms with Crippen molar-refractivity contribution in [2.45, 2.75) is 245 Å². The number of rotatable bonds is 64. The molecule has 0 aliphatic rings. The lowest BCUT2D eigenvalue weighted by molar-refractivity contribution is -0.870. The van der Waals surface area contributed by atoms with Crippen LogP contribution in [0.1, 0.15) is 232 Å². The normalized spacial score (nSPS) is 14.1. The number of unbranched alkanes of at least 4 members (excludes halogenated alkanes) is 11. The van der Waals surface area contributed by atoms with E-state index >= 15 is 0 Å². The van der Waals surface area contributed by atoms with E-state index < -0.39 is 24.3 Å². The fourth-order valence-electron chi connectivity index (χ4n) is 8.91. The summed E-state index contributed by atoms with van der Waals surface area (Å²) in [4.78, 5) is 37.7. The van der Waals surface area contributed by atoms with E-state index in [4.69, 9.17) is 18.9 Å². The van der Waals surface area contributed by atoms with Gasteiger partial charge < -0.3 is 28.5 Å². The molecule has 0 bridgehead atoms. The zero-order chi connectivity index (χ0) is 69.0. The molecule has 95 heavy (non-hydrogen) atoms. The predicted octanol–water partition coefficient (Wildman–Crippen LogP) is 23.5. The van der Waals surface area contributed by atoms with Gasteiger partial charge in [0.2, 0.25) is 0 Å². The summed E-state index contributed by atoms with van der Waals surface area (Å²) in [6.45, 7) is 4.57. The lowest BCUT2D eigenvalue weighted by Gasteiger charge is -2.25. The van der Waals surface area contributed by atoms with Gasteiger partial charge in [-0.15, -0.1) is 0 Å². The molecule has 0 amide bonds. The number of hydrogen-bond donors (Lipinski definition) is 1. The molecule has 9 heteroatoms. The van der Waals surface area contributed by atoms with Gasteiger partial charge in [-0.3, -0.25) is 9.59 Å². The van der Waals surface area contributed by atoms with Crippen LogP contribution in [0.4, 0.5) is 0 Å². The molecule has 0 aromatic rings. The number of hydrogen-bond acceptors (Lipinski definition) is 7. The first-order valence-corrected chi connectivity index (χ1v) is 36.5. The van der Waals surface area contributed by atoms with Gasteiger partial charge in [-0.25, -0.2) is 4.79 Å². The summed E-state index contributed by atoms with van der Waals surface area (Å²) in [5.74, 6) is -2.08. The van der Waals surface area contributed by atoms with Crippen LogP contribution < -0.4 is 0 Å². The minimum atomic E-state index is -1.54. The van der Waals surface area contributed by atoms with E-state index in [-0.39, 0.29) is 38.6 Å². The van der Waals surface area contributed by atoms with Crippen molar-refractivity contribution in [2.24, 2.45) is 0 Å². The van der Waals surface area contributed by atoms with E-state index in [0.717, 1.165) is 180 Å². The van der Waals surface area contributed by atoms with Crippen molar-refractivity contribution in [2.75, 3.05) is 47.5 Å². The van der Waals surface area contributed by atoms with Crippen molar-refractivity contribution >= 4 is 17.9 Å². The van der Waals surface area contributed by atoms with Crippen molar-refractivity contribution < 1.29 is 42.9 Å². The molecule has 1 N–H and O–H groups in total. The summed E-state index contributed by atoms with van der Waals surface area (Å²) in [6.07, 6.45) is 114. The summed E-state index contributed by atoms with van der Waals surface area (Å²) in [5, 5.41) is 9.75. The van der Waals surface area contributed by atoms with Gasteiger partial charge in [-0.1, -0.05) is 290 Å². The quantitative estimate of drug-likeness (QED) is 0.0211. The molecule has 0 radical (unpaired) electrons. The number of aliphatic carboxylic acids is 1. The van der Waals surface area contributed by atoms with E-state index in [0.29, 0.717) is 23.9 Å². The van der Waals surface area contributed by atoms with Crippen molar-refractivity contribution in [1.29, 1.82) is 0 Å². The minimum absolute atomic E-state index is 0.167. The second kappa shape index (κ2) is 73.2. The van der Waals surface area contributed by atoms with Crippen LogP contribution in [0.5, 0.6) is 0 Å². The average Bonchev–Trinajstić information content (AvgIpc) is 3.54. The lowest BCUT2D eigenvalue weighted by Crippen LogP contribution is -2.40. The molecule has 2 atom stereocenters. The third-order valence-corrected chi connectivity index (χ3v) is 14.4. The number of allylic oxidation sites excluding steroid dienone is 38. The third kappa shape index (κ3) is 74.6. The molecule has 0 aromatic carbocycles. The Morgan fingerprint density at radius 3 is 0.842 bits per heavy atom. The highest BCUT2D eigenvalue weighted by Gasteiger charge is 2.25. The number of nitrogens with zero attached hydrogens (tertiary/aromatic N) is 1. The largest absolute Gasteiger partial charge is 0.477 e. The Hall–Kier alpha value is -6.65. The second-order valence-electron chi connectivity index (χ2n) is 24.4. The lowest BCUT2D eigenvalue weighted by atomic mass is 10.1. The molecule has 0 spiro atoms. The highest BCUT2D eigenvalue weighted by Crippen LogP contribution is 2.14. The van der Waals surface area contributed by atoms with Gasteiger partial charge in [0, 0.05) is 12.8 Å². The SMILES string of the molecule is CC/C=C\C/C=C\C/C=C\C/C=C\C/C=C\C/C=C\C/C=C\C/C=C\C/C=C\C/C=C\C/C=C\CCCCCCCCCC(=O)OC(COC(=O)CCCCCC/C=C\C/C=C\C/C=C\C/C=C\C/C=C\C/C=C\C/C=C\C/C=C\CC)COC(OCC[N+](C)(C)C)C(=O)O. The summed E-state index contributed by atoms with van der Waals surface area (Å²) >= 11 is 0. The van der Waals surface area contributed by atoms with Gasteiger partial charge in [0.25, 0.3) is 6.29 Å². The second-order valence-corrected chi connectivity index (χ2v) is 24.4. The first-order valence-electron chi connectivity index (χ1n) is 36.5. The van der Waals surface area contributed by atoms with Crippen molar-refractivity contribution in [3.05, 3.63) is 231 Å². The number of carbonyl (C=O) groups excluding carboxylic acids is 2. The monoisotopic (exact) mass is 1310 g/mol. The van der Waals surface area contributed by atoms with Crippen LogP contribution in [0.3, 0.4) is 0 Å². The summed E-state index contributed by atoms with van der Waals surface area (Å²) in [5.41, 5.74) is 0. The Balaban J connectivity index is 4.27. The molecule has 528 valence electrons. The van der Waals surface area contributed by atoms with Crippen LogP contribution in [0.25, 0.3) is 0 Å². The number of esters is 2. The first kappa shape index (κ1) is 88.4. The highest BCUT2D eigenvalue weighted by atomic mass is 16.7. The Morgan fingerprint density at radius 2 is 0.568 bits per heavy atom. The fourth-order valence-corrected chi connectivity index (χ4v) is 8.91. The molecule has 9 nitrogen and oxygen atoms in total. The molecule has 0 aromatic heterocycles. The molecular weight excluding hydrogens is 1170 g/mol. The maximum Gasteiger partial charge on any atom is 0.361 e. The van der Waals surface area contributed by atoms with E-state index in [2.05, 4.69) is 245 Å². The third-order valence-electron chi connectivity index (χ3n) is 14.4. The Bertz CT molecular complexity index is 2420. The number of likely N-dealkylation sites (N-methyl/N-ethyl adjacent to an activating group) is 1. The van der Waals surface area contributed by atoms with E-state index in [1.54, 1.807) is 0 Å². The summed E-state index contributed by atoms with van der Waals surface area (Å²) in [7, 11) is 5.95. The Morgan fingerprint density at radius 1 is 0.316 bits per heavy atom. The average molecular weight is 1310 g/mol. The summed E-state index contributed by atoms with van der Waals surface area (Å²) < 4.78 is 22.9. The number of carboxylic acids is 1. The molecule has 0 fully saturated rings. The zero-order valence-electron chi connectivity index (χ0n) is 60.2. The molecule has 0 saturated carbocycles. The molecule has 0 aliphatic carbocycles. The van der Waals surface area contributed by atoms with Gasteiger partial charge >= 0.3 is 17.9 Å². The van der Waals surface area contributed by atoms with Crippen molar-refractivity contribution in [3.8, 4) is 0 Å². The van der Waals surface area contributed by atoms with Crippen molar-refractivity contribution in [3.63, 3.8) is 0 Å². The standard InChI is InChI=1S/C86H131NO8/c1-6-8-10-12-14-16-18-20-22-24-26-28-30-32-34-36-37-38-39-40-41-42-43-44-45-46-47-49-51-53-55-57-59-61-63-65-67-69-71-73-75-77-84(89)95-82(81-94-86(85(90)91)92-79-78-87(3,4)5)80-93-83(88)76-74-72-70-68-66-64-62-60-58-56-54-52-50-48-35-33-31-29-27-25-23-21-19-17-15-13-11-9-7-2/h8-11,14-17,20-23,26-29,32-35,37-38,40-41,43-44,46-47,50-53,56-59,62,64,82,86H,6-7,12-13,18-19,24-25,30-31,36,39,42,45,48-49,54-55,60-61,63,65-81H2,1-5H3/p+1/b10-8-,11-9-,16-14-,17-15-,22-20-,23-21-,28-26-,29-27-,34-32-,35-33-,38-37-,41-40-,44-43-,47-46-,52-50-,53-51-,58-56-,59-57-,64-62-. The smallest absolute Gasteiger partial charge is 0.361 e. The topological polar surface area (TPSA) is 108 Å². The predicted molar refractivity (Wildman–Crippen MR) is 409 cm³/mol. The van der Waals surface area contributed by atoms with Crippen LogP contribution in [0.2, 0.25) is 0 Å². The maximum atomic E-state index is 13.0. The maximum absolute atomic E-state index is 13.0. The first-order chi connectivity index (χ1) is 46.6. The van der Waals surface area contributed by atoms with Gasteiger partial charge in [0.1, 0.15) is 13.2 Å². The number of quaternary nitrogens is 1. The molecule has 0 rings (SSSR count). The van der Waals surface area contributed by atoms with E-state index in [1.165, 1.54) is 12.8 Å². The fraction of sp³-hybridized carbons (Fsp3) is 0.523. The van der Waals surface area contributed by atoms with Crippen LogP contribution in [-0.2, 0) is 33.3 Å². The van der Waals surface area contributed by atoms with Gasteiger partial charge in [-0.05, 0) is 161 Å². The molecule has 2 unspecified atom stereocenters. The van der Waals surface area contributed by atoms with Crippen LogP contribution in [0.15, 0.2) is 231 Å². The molecule has 0 aliphatic heterocycles. The van der Waals surface area contributed by atoms with Gasteiger partial charge in [0.15, 0.2) is 6.10 Å². The van der Waals surface area contributed by atoms with Crippen LogP contribution >= 0.6 is 0 Å². The highest BCUT2D eigenvalue weighted by molar-refractivity contribution is 5.71. The minimum Gasteiger partial charge on any atom is -0.477 e. The van der Waals surface area contributed by atoms with E-state index in [1.807, 2.05) is 21.1 Å². The number of carbonyl (C=O) groups is 3. The Labute approximate surface area is 580 Å². The number of carboxylic acid groups (broad SMARTS) is 1. The zero-order valence-corrected chi connectivity index (χ0v) is 60.2. The van der Waals surface area contributed by atoms with Gasteiger partial charge in [0.05, 0.1) is 34.4 Å². The van der Waals surface area contributed by atoms with Crippen LogP contribution in [-0.4, -0.2) is 87.4 Å². The number of ether oxygens (including phenoxy) is 4. The van der Waals surface area contributed by atoms with Crippen LogP contribution in [0, 0.1) is 0 Å². The van der Waals surface area contributed by atoms with E-state index in [9.17, 15) is 19.5 Å². The molecular formula is C86H132NO8+. The molecule has 0 heterocycles. The summed E-state index contributed by atoms with van der Waals surface area (Å²) in [6, 6.07) is 0.